The molecule has 3 aromatic rings. The predicted molar refractivity (Wildman–Crippen MR) is 111 cm³/mol. The molecule has 1 amide bonds. The van der Waals surface area contributed by atoms with Crippen molar-refractivity contribution in [2.45, 2.75) is 58.3 Å². The van der Waals surface area contributed by atoms with Crippen LogP contribution in [0.4, 0.5) is 0 Å². The van der Waals surface area contributed by atoms with Gasteiger partial charge < -0.3 is 19.7 Å². The van der Waals surface area contributed by atoms with Crippen LogP contribution in [-0.2, 0) is 6.61 Å². The molecule has 0 saturated heterocycles. The van der Waals surface area contributed by atoms with Crippen molar-refractivity contribution in [1.82, 2.24) is 25.7 Å². The number of carbonyl (C=O) groups is 1. The Kier molecular flexibility index (Phi) is 6.22. The van der Waals surface area contributed by atoms with E-state index in [2.05, 4.69) is 25.7 Å². The quantitative estimate of drug-likeness (QED) is 0.620. The Morgan fingerprint density at radius 3 is 2.65 bits per heavy atom. The molecule has 0 atom stereocenters. The van der Waals surface area contributed by atoms with Crippen LogP contribution in [0.3, 0.4) is 0 Å². The summed E-state index contributed by atoms with van der Waals surface area (Å²) in [5.74, 6) is 0.674. The van der Waals surface area contributed by atoms with Gasteiger partial charge in [-0.1, -0.05) is 5.16 Å². The van der Waals surface area contributed by atoms with Crippen molar-refractivity contribution in [3.63, 3.8) is 0 Å². The van der Waals surface area contributed by atoms with Crippen molar-refractivity contribution >= 4 is 5.91 Å². The Balaban J connectivity index is 1.37. The van der Waals surface area contributed by atoms with Crippen LogP contribution < -0.4 is 10.1 Å². The molecule has 1 fully saturated rings. The van der Waals surface area contributed by atoms with Crippen molar-refractivity contribution < 1.29 is 19.2 Å². The van der Waals surface area contributed by atoms with E-state index >= 15 is 0 Å². The molecule has 0 unspecified atom stereocenters. The maximum absolute atomic E-state index is 12.4. The third-order valence-corrected chi connectivity index (χ3v) is 5.44. The molecule has 9 nitrogen and oxygen atoms in total. The van der Waals surface area contributed by atoms with Gasteiger partial charge in [0.15, 0.2) is 5.69 Å². The number of aliphatic hydroxyl groups excluding tert-OH is 1. The zero-order valence-electron chi connectivity index (χ0n) is 17.5. The lowest BCUT2D eigenvalue weighted by atomic mass is 9.93. The second kappa shape index (κ2) is 9.22. The maximum Gasteiger partial charge on any atom is 0.272 e. The summed E-state index contributed by atoms with van der Waals surface area (Å²) in [5.41, 5.74) is 3.46. The van der Waals surface area contributed by atoms with E-state index < -0.39 is 0 Å². The minimum absolute atomic E-state index is 0.0554. The van der Waals surface area contributed by atoms with Crippen molar-refractivity contribution in [2.24, 2.45) is 0 Å². The maximum atomic E-state index is 12.4. The van der Waals surface area contributed by atoms with Gasteiger partial charge in [0, 0.05) is 29.6 Å². The molecule has 3 aromatic heterocycles. The summed E-state index contributed by atoms with van der Waals surface area (Å²) < 4.78 is 11.1. The summed E-state index contributed by atoms with van der Waals surface area (Å²) in [7, 11) is 0. The molecule has 2 N–H and O–H groups in total. The number of rotatable bonds is 6. The molecule has 31 heavy (non-hydrogen) atoms. The van der Waals surface area contributed by atoms with E-state index in [-0.39, 0.29) is 30.4 Å². The van der Waals surface area contributed by atoms with Crippen molar-refractivity contribution in [3.8, 4) is 17.1 Å². The smallest absolute Gasteiger partial charge is 0.272 e. The van der Waals surface area contributed by atoms with Crippen LogP contribution in [0.25, 0.3) is 11.3 Å². The number of amides is 1. The SMILES string of the molecule is Cc1ccc(-c2noc(C)c2COc2ccc(C(=O)N[C@H]3CC[C@H](O)CC3)nn2)cn1. The molecule has 0 bridgehead atoms. The molecule has 1 aliphatic carbocycles. The molecule has 9 heteroatoms. The number of pyridine rings is 1. The Morgan fingerprint density at radius 1 is 1.16 bits per heavy atom. The number of aliphatic hydroxyl groups is 1. The molecule has 162 valence electrons. The zero-order valence-corrected chi connectivity index (χ0v) is 17.5. The number of ether oxygens (including phenoxy) is 1. The lowest BCUT2D eigenvalue weighted by molar-refractivity contribution is 0.0862. The highest BCUT2D eigenvalue weighted by Gasteiger charge is 2.22. The minimum atomic E-state index is -0.274. The first kappa shape index (κ1) is 20.9. The van der Waals surface area contributed by atoms with Gasteiger partial charge in [-0.15, -0.1) is 10.2 Å². The fourth-order valence-corrected chi connectivity index (χ4v) is 3.54. The van der Waals surface area contributed by atoms with Gasteiger partial charge in [0.2, 0.25) is 5.88 Å². The first-order chi connectivity index (χ1) is 15.0. The number of nitrogens with zero attached hydrogens (tertiary/aromatic N) is 4. The number of hydrogen-bond donors (Lipinski definition) is 2. The fraction of sp³-hybridized carbons (Fsp3) is 0.409. The van der Waals surface area contributed by atoms with Gasteiger partial charge in [-0.25, -0.2) is 0 Å². The van der Waals surface area contributed by atoms with Gasteiger partial charge in [0.1, 0.15) is 18.1 Å². The number of nitrogens with one attached hydrogen (secondary N) is 1. The topological polar surface area (TPSA) is 123 Å². The van der Waals surface area contributed by atoms with Crippen LogP contribution in [0.15, 0.2) is 35.0 Å². The van der Waals surface area contributed by atoms with Crippen molar-refractivity contribution in [1.29, 1.82) is 0 Å². The zero-order chi connectivity index (χ0) is 21.8. The van der Waals surface area contributed by atoms with Crippen LogP contribution in [-0.4, -0.2) is 43.5 Å². The summed E-state index contributed by atoms with van der Waals surface area (Å²) >= 11 is 0. The molecule has 0 aromatic carbocycles. The monoisotopic (exact) mass is 423 g/mol. The number of aryl methyl sites for hydroxylation is 2. The third kappa shape index (κ3) is 5.05. The highest BCUT2D eigenvalue weighted by atomic mass is 16.5. The molecule has 3 heterocycles. The van der Waals surface area contributed by atoms with E-state index in [1.165, 1.54) is 0 Å². The van der Waals surface area contributed by atoms with Gasteiger partial charge in [-0.05, 0) is 57.7 Å². The van der Waals surface area contributed by atoms with E-state index in [1.54, 1.807) is 18.3 Å². The van der Waals surface area contributed by atoms with Crippen molar-refractivity contribution in [2.75, 3.05) is 0 Å². The number of aromatic nitrogens is 4. The van der Waals surface area contributed by atoms with Gasteiger partial charge in [-0.3, -0.25) is 9.78 Å². The Morgan fingerprint density at radius 2 is 1.97 bits per heavy atom. The second-order valence-electron chi connectivity index (χ2n) is 7.78. The molecular weight excluding hydrogens is 398 g/mol. The summed E-state index contributed by atoms with van der Waals surface area (Å²) in [6.45, 7) is 3.94. The molecule has 1 aliphatic rings. The highest BCUT2D eigenvalue weighted by Crippen LogP contribution is 2.26. The van der Waals surface area contributed by atoms with Crippen LogP contribution >= 0.6 is 0 Å². The molecule has 0 aliphatic heterocycles. The van der Waals surface area contributed by atoms with Crippen LogP contribution in [0.1, 0.15) is 53.2 Å². The van der Waals surface area contributed by atoms with Crippen LogP contribution in [0, 0.1) is 13.8 Å². The lowest BCUT2D eigenvalue weighted by Gasteiger charge is -2.25. The Hall–Kier alpha value is -3.33. The average Bonchev–Trinajstić information content (AvgIpc) is 3.15. The standard InChI is InChI=1S/C22H25N5O4/c1-13-3-4-15(11-23-13)21-18(14(2)31-27-21)12-30-20-10-9-19(25-26-20)22(29)24-16-5-7-17(28)8-6-16/h3-4,9-11,16-17,28H,5-8,12H2,1-2H3,(H,24,29)/t16-,17-. The molecule has 0 radical (unpaired) electrons. The predicted octanol–water partition coefficient (Wildman–Crippen LogP) is 2.76. The van der Waals surface area contributed by atoms with Gasteiger partial charge >= 0.3 is 0 Å². The van der Waals surface area contributed by atoms with Crippen LogP contribution in [0.5, 0.6) is 5.88 Å². The summed E-state index contributed by atoms with van der Waals surface area (Å²) in [4.78, 5) is 16.7. The highest BCUT2D eigenvalue weighted by molar-refractivity contribution is 5.92. The first-order valence-corrected chi connectivity index (χ1v) is 10.3. The van der Waals surface area contributed by atoms with Gasteiger partial charge in [0.05, 0.1) is 11.7 Å². The number of carbonyl (C=O) groups excluding carboxylic acids is 1. The Labute approximate surface area is 179 Å². The van der Waals surface area contributed by atoms with E-state index in [0.29, 0.717) is 30.2 Å². The van der Waals surface area contributed by atoms with Gasteiger partial charge in [0.25, 0.3) is 5.91 Å². The molecule has 4 rings (SSSR count). The second-order valence-corrected chi connectivity index (χ2v) is 7.78. The average molecular weight is 423 g/mol. The van der Waals surface area contributed by atoms with Gasteiger partial charge in [-0.2, -0.15) is 0 Å². The van der Waals surface area contributed by atoms with Crippen LogP contribution in [0.2, 0.25) is 0 Å². The van der Waals surface area contributed by atoms with Crippen molar-refractivity contribution in [3.05, 3.63) is 53.2 Å². The van der Waals surface area contributed by atoms with E-state index in [1.807, 2.05) is 26.0 Å². The molecule has 1 saturated carbocycles. The first-order valence-electron chi connectivity index (χ1n) is 10.3. The summed E-state index contributed by atoms with van der Waals surface area (Å²) in [6.07, 6.45) is 4.41. The molecular formula is C22H25N5O4. The summed E-state index contributed by atoms with van der Waals surface area (Å²) in [5, 5.41) is 24.6. The summed E-state index contributed by atoms with van der Waals surface area (Å²) in [6, 6.07) is 7.10. The fourth-order valence-electron chi connectivity index (χ4n) is 3.54. The number of hydrogen-bond acceptors (Lipinski definition) is 8. The third-order valence-electron chi connectivity index (χ3n) is 5.44. The largest absolute Gasteiger partial charge is 0.472 e. The minimum Gasteiger partial charge on any atom is -0.472 e. The Bertz CT molecular complexity index is 1030. The molecule has 0 spiro atoms. The lowest BCUT2D eigenvalue weighted by Crippen LogP contribution is -2.38. The van der Waals surface area contributed by atoms with E-state index in [0.717, 1.165) is 29.7 Å². The van der Waals surface area contributed by atoms with E-state index in [9.17, 15) is 9.90 Å². The normalized spacial score (nSPS) is 18.5. The van der Waals surface area contributed by atoms with E-state index in [4.69, 9.17) is 9.26 Å².